The Hall–Kier alpha value is 0.110. The maximum Gasteiger partial charge on any atom is 0.356 e. The molecule has 0 saturated carbocycles. The Morgan fingerprint density at radius 3 is 2.00 bits per heavy atom. The minimum absolute atomic E-state index is 0.254. The lowest BCUT2D eigenvalue weighted by molar-refractivity contribution is 0.333. The van der Waals surface area contributed by atoms with Crippen molar-refractivity contribution in [3.63, 3.8) is 0 Å². The van der Waals surface area contributed by atoms with Gasteiger partial charge in [-0.3, -0.25) is 4.57 Å². The first kappa shape index (κ1) is 6.23. The molecule has 0 aromatic carbocycles. The SMILES string of the molecule is C[C@@H]1O[C@H]1P(=O)(O)O. The third-order valence-corrected chi connectivity index (χ3v) is 2.22. The van der Waals surface area contributed by atoms with E-state index in [-0.39, 0.29) is 6.10 Å². The third kappa shape index (κ3) is 1.09. The van der Waals surface area contributed by atoms with Gasteiger partial charge in [0.15, 0.2) is 5.85 Å². The second-order valence-corrected chi connectivity index (χ2v) is 3.51. The topological polar surface area (TPSA) is 70.1 Å². The van der Waals surface area contributed by atoms with E-state index in [0.29, 0.717) is 0 Å². The highest BCUT2D eigenvalue weighted by molar-refractivity contribution is 7.52. The summed E-state index contributed by atoms with van der Waals surface area (Å²) in [5.74, 6) is -0.817. The van der Waals surface area contributed by atoms with E-state index in [9.17, 15) is 4.57 Å². The minimum Gasteiger partial charge on any atom is -0.356 e. The lowest BCUT2D eigenvalue weighted by Crippen LogP contribution is -1.89. The zero-order chi connectivity index (χ0) is 6.36. The van der Waals surface area contributed by atoms with Crippen molar-refractivity contribution in [1.29, 1.82) is 0 Å². The molecule has 1 aliphatic heterocycles. The first-order chi connectivity index (χ1) is 3.52. The van der Waals surface area contributed by atoms with E-state index in [1.165, 1.54) is 0 Å². The summed E-state index contributed by atoms with van der Waals surface area (Å²) in [5, 5.41) is 0. The molecule has 48 valence electrons. The third-order valence-electron chi connectivity index (χ3n) is 1.01. The maximum absolute atomic E-state index is 10.2. The maximum atomic E-state index is 10.2. The van der Waals surface area contributed by atoms with Crippen LogP contribution < -0.4 is 0 Å². The normalized spacial score (nSPS) is 37.4. The van der Waals surface area contributed by atoms with Crippen molar-refractivity contribution in [2.45, 2.75) is 18.9 Å². The summed E-state index contributed by atoms with van der Waals surface area (Å²) in [6.45, 7) is 1.63. The molecule has 1 fully saturated rings. The molecule has 0 radical (unpaired) electrons. The predicted octanol–water partition coefficient (Wildman–Crippen LogP) is -0.0911. The van der Waals surface area contributed by atoms with Crippen LogP contribution in [0.3, 0.4) is 0 Å². The lowest BCUT2D eigenvalue weighted by atomic mass is 10.6. The summed E-state index contributed by atoms with van der Waals surface area (Å²) in [4.78, 5) is 16.6. The van der Waals surface area contributed by atoms with Crippen LogP contribution in [0, 0.1) is 0 Å². The fraction of sp³-hybridized carbons (Fsp3) is 1.00. The van der Waals surface area contributed by atoms with E-state index in [4.69, 9.17) is 9.79 Å². The van der Waals surface area contributed by atoms with E-state index in [2.05, 4.69) is 4.74 Å². The van der Waals surface area contributed by atoms with Crippen molar-refractivity contribution < 1.29 is 19.1 Å². The molecular formula is C3H7O4P. The lowest BCUT2D eigenvalue weighted by Gasteiger charge is -1.93. The molecule has 0 aromatic heterocycles. The zero-order valence-corrected chi connectivity index (χ0v) is 5.21. The molecule has 1 aliphatic rings. The van der Waals surface area contributed by atoms with Gasteiger partial charge in [0.05, 0.1) is 6.10 Å². The molecule has 1 rings (SSSR count). The van der Waals surface area contributed by atoms with Crippen LogP contribution in [0.5, 0.6) is 0 Å². The van der Waals surface area contributed by atoms with Gasteiger partial charge in [-0.2, -0.15) is 0 Å². The summed E-state index contributed by atoms with van der Waals surface area (Å²) >= 11 is 0. The van der Waals surface area contributed by atoms with Gasteiger partial charge in [0.2, 0.25) is 0 Å². The molecule has 4 nitrogen and oxygen atoms in total. The molecule has 1 heterocycles. The average molecular weight is 138 g/mol. The van der Waals surface area contributed by atoms with Gasteiger partial charge in [0.25, 0.3) is 0 Å². The second-order valence-electron chi connectivity index (χ2n) is 1.82. The van der Waals surface area contributed by atoms with Crippen molar-refractivity contribution in [2.24, 2.45) is 0 Å². The molecular weight excluding hydrogens is 131 g/mol. The monoisotopic (exact) mass is 138 g/mol. The van der Waals surface area contributed by atoms with Crippen molar-refractivity contribution in [1.82, 2.24) is 0 Å². The van der Waals surface area contributed by atoms with Gasteiger partial charge < -0.3 is 14.5 Å². The van der Waals surface area contributed by atoms with E-state index in [1.807, 2.05) is 0 Å². The number of ether oxygens (including phenoxy) is 1. The van der Waals surface area contributed by atoms with Crippen molar-refractivity contribution in [3.8, 4) is 0 Å². The van der Waals surface area contributed by atoms with Crippen molar-refractivity contribution in [2.75, 3.05) is 0 Å². The Bertz CT molecular complexity index is 138. The quantitative estimate of drug-likeness (QED) is 0.392. The Morgan fingerprint density at radius 1 is 1.62 bits per heavy atom. The van der Waals surface area contributed by atoms with Crippen LogP contribution in [0.4, 0.5) is 0 Å². The van der Waals surface area contributed by atoms with Gasteiger partial charge in [-0.15, -0.1) is 0 Å². The second kappa shape index (κ2) is 1.54. The van der Waals surface area contributed by atoms with E-state index in [0.717, 1.165) is 0 Å². The van der Waals surface area contributed by atoms with Gasteiger partial charge in [0.1, 0.15) is 0 Å². The van der Waals surface area contributed by atoms with Crippen molar-refractivity contribution in [3.05, 3.63) is 0 Å². The molecule has 0 aromatic rings. The Balaban J connectivity index is 2.52. The first-order valence-corrected chi connectivity index (χ1v) is 3.90. The molecule has 0 bridgehead atoms. The summed E-state index contributed by atoms with van der Waals surface area (Å²) in [6.07, 6.45) is -0.254. The van der Waals surface area contributed by atoms with Crippen LogP contribution in [-0.2, 0) is 9.30 Å². The van der Waals surface area contributed by atoms with Gasteiger partial charge in [-0.25, -0.2) is 0 Å². The molecule has 2 N–H and O–H groups in total. The zero-order valence-electron chi connectivity index (χ0n) is 4.31. The summed E-state index contributed by atoms with van der Waals surface area (Å²) in [7, 11) is -3.90. The summed E-state index contributed by atoms with van der Waals surface area (Å²) in [5.41, 5.74) is 0. The molecule has 0 aliphatic carbocycles. The largest absolute Gasteiger partial charge is 0.356 e. The van der Waals surface area contributed by atoms with Gasteiger partial charge in [-0.1, -0.05) is 0 Å². The predicted molar refractivity (Wildman–Crippen MR) is 26.4 cm³/mol. The van der Waals surface area contributed by atoms with E-state index in [1.54, 1.807) is 6.92 Å². The van der Waals surface area contributed by atoms with E-state index < -0.39 is 13.4 Å². The average Bonchev–Trinajstić information content (AvgIpc) is 2.13. The molecule has 2 atom stereocenters. The molecule has 5 heteroatoms. The van der Waals surface area contributed by atoms with Gasteiger partial charge >= 0.3 is 7.60 Å². The Labute approximate surface area is 46.6 Å². The van der Waals surface area contributed by atoms with Crippen LogP contribution in [-0.4, -0.2) is 21.7 Å². The van der Waals surface area contributed by atoms with Crippen LogP contribution in [0.25, 0.3) is 0 Å². The molecule has 1 saturated heterocycles. The van der Waals surface area contributed by atoms with Crippen LogP contribution in [0.1, 0.15) is 6.92 Å². The number of rotatable bonds is 1. The molecule has 0 amide bonds. The van der Waals surface area contributed by atoms with Crippen molar-refractivity contribution >= 4 is 7.60 Å². The number of hydrogen-bond donors (Lipinski definition) is 2. The summed E-state index contributed by atoms with van der Waals surface area (Å²) in [6, 6.07) is 0. The fourth-order valence-electron chi connectivity index (χ4n) is 0.527. The van der Waals surface area contributed by atoms with Crippen LogP contribution in [0.15, 0.2) is 0 Å². The number of hydrogen-bond acceptors (Lipinski definition) is 2. The number of epoxide rings is 1. The highest BCUT2D eigenvalue weighted by Gasteiger charge is 2.48. The van der Waals surface area contributed by atoms with E-state index >= 15 is 0 Å². The van der Waals surface area contributed by atoms with Crippen LogP contribution in [0.2, 0.25) is 0 Å². The van der Waals surface area contributed by atoms with Gasteiger partial charge in [-0.05, 0) is 6.92 Å². The Morgan fingerprint density at radius 2 is 2.00 bits per heavy atom. The van der Waals surface area contributed by atoms with Crippen LogP contribution >= 0.6 is 7.60 Å². The standard InChI is InChI=1S/C3H7O4P/c1-2-3(7-2)8(4,5)6/h2-3H,1H3,(H2,4,5,6)/t2-,3-/m0/s1. The molecule has 0 unspecified atom stereocenters. The highest BCUT2D eigenvalue weighted by atomic mass is 31.2. The minimum atomic E-state index is -3.90. The fourth-order valence-corrected chi connectivity index (χ4v) is 1.42. The Kier molecular flexibility index (Phi) is 1.20. The molecule has 8 heavy (non-hydrogen) atoms. The van der Waals surface area contributed by atoms with Gasteiger partial charge in [0, 0.05) is 0 Å². The first-order valence-electron chi connectivity index (χ1n) is 2.22. The molecule has 0 spiro atoms. The highest BCUT2D eigenvalue weighted by Crippen LogP contribution is 2.52. The summed E-state index contributed by atoms with van der Waals surface area (Å²) < 4.78 is 14.7. The smallest absolute Gasteiger partial charge is 0.356 e.